The van der Waals surface area contributed by atoms with Crippen LogP contribution in [0.2, 0.25) is 5.15 Å². The third-order valence-corrected chi connectivity index (χ3v) is 22.7. The molecule has 32 nitrogen and oxygen atoms in total. The fraction of sp³-hybridized carbons (Fsp3) is 0.494. The van der Waals surface area contributed by atoms with Crippen LogP contribution in [0.3, 0.4) is 0 Å². The van der Waals surface area contributed by atoms with Crippen molar-refractivity contribution in [2.24, 2.45) is 0 Å². The second-order valence-corrected chi connectivity index (χ2v) is 31.8. The lowest BCUT2D eigenvalue weighted by Gasteiger charge is -2.16. The molecule has 0 bridgehead atoms. The molecule has 39 heteroatoms. The van der Waals surface area contributed by atoms with Gasteiger partial charge in [-0.2, -0.15) is 4.68 Å². The summed E-state index contributed by atoms with van der Waals surface area (Å²) in [6, 6.07) is 10.3. The number of hydrogen-bond acceptors (Lipinski definition) is 35. The van der Waals surface area contributed by atoms with Crippen molar-refractivity contribution in [2.75, 3.05) is 78.6 Å². The number of Topliss-reactive ketones (excluding diaryl/α,β-unsaturated/α-hetero) is 1. The highest BCUT2D eigenvalue weighted by Crippen LogP contribution is 2.34. The van der Waals surface area contributed by atoms with Gasteiger partial charge >= 0.3 is 23.9 Å². The van der Waals surface area contributed by atoms with Crippen molar-refractivity contribution in [3.05, 3.63) is 111 Å². The number of ether oxygens (including phenoxy) is 3. The summed E-state index contributed by atoms with van der Waals surface area (Å²) in [7, 11) is 0. The Hall–Kier alpha value is -9.08. The number of halogens is 1. The van der Waals surface area contributed by atoms with Crippen molar-refractivity contribution in [1.82, 2.24) is 79.4 Å². The van der Waals surface area contributed by atoms with Crippen LogP contribution in [-0.4, -0.2) is 207 Å². The first-order valence-corrected chi connectivity index (χ1v) is 46.0. The van der Waals surface area contributed by atoms with E-state index in [4.69, 9.17) is 30.9 Å². The predicted octanol–water partition coefficient (Wildman–Crippen LogP) is 15.0. The summed E-state index contributed by atoms with van der Waals surface area (Å²) in [6.45, 7) is 6.15. The van der Waals surface area contributed by atoms with E-state index in [1.165, 1.54) is 151 Å². The average Bonchev–Trinajstić information content (AvgIpc) is 1.09. The summed E-state index contributed by atoms with van der Waals surface area (Å²) in [6.07, 6.45) is 42.6. The van der Waals surface area contributed by atoms with Crippen LogP contribution < -0.4 is 26.8 Å². The minimum Gasteiger partial charge on any atom is -0.507 e. The van der Waals surface area contributed by atoms with E-state index in [2.05, 4.69) is 91.4 Å². The number of ketones is 1. The summed E-state index contributed by atoms with van der Waals surface area (Å²) in [4.78, 5) is 134. The molecular weight excluding hydrogens is 1620 g/mol. The van der Waals surface area contributed by atoms with E-state index in [0.717, 1.165) is 77.0 Å². The maximum absolute atomic E-state index is 13.0. The molecule has 0 aliphatic heterocycles. The zero-order valence-electron chi connectivity index (χ0n) is 66.2. The topological polar surface area (TPSA) is 426 Å². The fourth-order valence-corrected chi connectivity index (χ4v) is 15.6. The van der Waals surface area contributed by atoms with Gasteiger partial charge in [0, 0.05) is 73.5 Å². The minimum absolute atomic E-state index is 0.0399. The van der Waals surface area contributed by atoms with E-state index < -0.39 is 17.9 Å². The van der Waals surface area contributed by atoms with Gasteiger partial charge in [0.1, 0.15) is 68.4 Å². The molecule has 14 rings (SSSR count). The monoisotopic (exact) mass is 1720 g/mol. The van der Waals surface area contributed by atoms with E-state index in [0.29, 0.717) is 130 Å². The number of para-hydroxylation sites is 1. The first-order valence-electron chi connectivity index (χ1n) is 38.3. The number of carboxylic acid groups (broad SMARTS) is 1. The first kappa shape index (κ1) is 90.8. The molecule has 5 saturated carbocycles. The molecule has 8 heterocycles. The Morgan fingerprint density at radius 3 is 1.32 bits per heavy atom. The van der Waals surface area contributed by atoms with Crippen molar-refractivity contribution in [3.63, 3.8) is 0 Å². The van der Waals surface area contributed by atoms with E-state index in [1.807, 2.05) is 61.8 Å². The van der Waals surface area contributed by atoms with Crippen LogP contribution in [0, 0.1) is 0 Å². The number of thioether (sulfide) groups is 6. The zero-order chi connectivity index (χ0) is 83.0. The number of fused-ring (bicyclic) bond motifs is 2. The number of pyridine rings is 1. The van der Waals surface area contributed by atoms with E-state index in [-0.39, 0.29) is 64.3 Å². The Labute approximate surface area is 702 Å². The lowest BCUT2D eigenvalue weighted by Crippen LogP contribution is -2.23. The van der Waals surface area contributed by atoms with Gasteiger partial charge in [-0.15, -0.1) is 5.10 Å². The molecule has 0 saturated heterocycles. The third-order valence-electron chi connectivity index (χ3n) is 19.0. The summed E-state index contributed by atoms with van der Waals surface area (Å²) in [5, 5.41) is 44.7. The molecule has 0 atom stereocenters. The molecule has 0 unspecified atom stereocenters. The number of aromatic nitrogens is 16. The van der Waals surface area contributed by atoms with Gasteiger partial charge in [-0.1, -0.05) is 164 Å². The zero-order valence-corrected chi connectivity index (χ0v) is 71.8. The van der Waals surface area contributed by atoms with Crippen molar-refractivity contribution in [2.45, 2.75) is 217 Å². The Morgan fingerprint density at radius 2 is 0.862 bits per heavy atom. The number of carbonyl (C=O) groups excluding carboxylic acids is 5. The van der Waals surface area contributed by atoms with E-state index in [9.17, 15) is 38.7 Å². The maximum Gasteiger partial charge on any atom is 0.343 e. The minimum atomic E-state index is -0.988. The van der Waals surface area contributed by atoms with Crippen LogP contribution in [0.15, 0.2) is 103 Å². The van der Waals surface area contributed by atoms with Crippen molar-refractivity contribution in [1.29, 1.82) is 0 Å². The number of carboxylic acids is 1. The smallest absolute Gasteiger partial charge is 0.343 e. The third kappa shape index (κ3) is 26.0. The van der Waals surface area contributed by atoms with E-state index in [1.54, 1.807) is 43.9 Å². The Bertz CT molecular complexity index is 4870. The van der Waals surface area contributed by atoms with Crippen molar-refractivity contribution in [3.8, 4) is 5.75 Å². The van der Waals surface area contributed by atoms with Gasteiger partial charge < -0.3 is 45.7 Å². The second kappa shape index (κ2) is 46.8. The Kier molecular flexibility index (Phi) is 36.6. The fourth-order valence-electron chi connectivity index (χ4n) is 13.3. The van der Waals surface area contributed by atoms with Crippen molar-refractivity contribution < 1.29 is 53.2 Å². The highest BCUT2D eigenvalue weighted by atomic mass is 35.5. The van der Waals surface area contributed by atoms with Gasteiger partial charge in [-0.05, 0) is 135 Å². The number of esters is 3. The lowest BCUT2D eigenvalue weighted by atomic mass is 10.1. The summed E-state index contributed by atoms with van der Waals surface area (Å²) < 4.78 is 17.7. The van der Waals surface area contributed by atoms with Crippen LogP contribution in [-0.2, 0) is 19.0 Å². The van der Waals surface area contributed by atoms with Crippen LogP contribution >= 0.6 is 82.2 Å². The molecule has 116 heavy (non-hydrogen) atoms. The van der Waals surface area contributed by atoms with Gasteiger partial charge in [-0.3, -0.25) is 23.7 Å². The molecule has 8 aromatic heterocycles. The summed E-state index contributed by atoms with van der Waals surface area (Å²) in [5.41, 5.74) is 3.28. The molecule has 0 radical (unpaired) electrons. The van der Waals surface area contributed by atoms with Gasteiger partial charge in [-0.25, -0.2) is 74.2 Å². The Balaban J connectivity index is 0.000000160. The second-order valence-electron chi connectivity index (χ2n) is 26.8. The SMILES string of the molecule is CCOC(=O)CC(=O)c1cnc(SC)nc1NC1CCCC1.CCOC(=O)c1cnc(SC)nc1Cl.CCOC(=O)c1cnc(SC)nc1NC1CCCC1.CSc1ncc(C(=O)O)c(NC2CCCC2)n1.CSc1ncc(C(=O)n2nnc3ccccc32)c(NC2CCCC2)n1.CSc1ncc2c(O)cc(=O)n(C3CCCC3)c2n1. The highest BCUT2D eigenvalue weighted by molar-refractivity contribution is 7.99. The molecule has 5 aliphatic rings. The van der Waals surface area contributed by atoms with E-state index >= 15 is 0 Å². The number of aromatic carboxylic acids is 1. The normalized spacial score (nSPS) is 14.8. The summed E-state index contributed by atoms with van der Waals surface area (Å²) >= 11 is 14.3. The molecule has 0 spiro atoms. The molecule has 1 aromatic carbocycles. The molecule has 6 N–H and O–H groups in total. The quantitative estimate of drug-likeness (QED) is 0.00588. The largest absolute Gasteiger partial charge is 0.507 e. The standard InChI is InChI=1S/C17H18N6OS.C15H21N3O3S.C13H15N3O2S.C13H19N3O2S.C11H15N3O2S.C8H9ClN2O2S/c1-25-17-18-10-12(15(20-17)19-11-6-2-3-7-11)16(24)23-14-9-5-4-8-13(14)21-22-23;1-3-21-13(20)8-12(19)11-9-16-15(22-2)18-14(11)17-10-6-4-5-7-10;1-19-13-14-7-9-10(17)6-11(18)16(12(9)15-13)8-4-2-3-5-8;1-3-18-12(17)10-8-14-13(19-2)16-11(10)15-9-6-4-5-7-9;1-17-11-12-6-8(10(15)16)9(14-11)13-7-4-2-3-5-7;1-3-13-7(12)5-4-10-8(14-2)11-6(5)9/h4-5,8-11H,2-3,6-7H2,1H3,(H,18,19,20);9-10H,3-8H2,1-2H3,(H,16,17,18);6-8,17H,2-5H2,1H3;8-9H,3-7H2,1-2H3,(H,14,15,16);6-7H,2-5H2,1H3,(H,15,16)(H,12,13,14);4H,3H2,1-2H3. The molecular formula is C77H97ClN20O12S6. The number of nitrogens with zero attached hydrogens (tertiary/aromatic N) is 16. The molecule has 9 aromatic rings. The van der Waals surface area contributed by atoms with Gasteiger partial charge in [0.25, 0.3) is 11.5 Å². The molecule has 0 amide bonds. The maximum atomic E-state index is 13.0. The van der Waals surface area contributed by atoms with Gasteiger partial charge in [0.2, 0.25) is 0 Å². The number of carbonyl (C=O) groups is 6. The predicted molar refractivity (Wildman–Crippen MR) is 454 cm³/mol. The number of nitrogens with one attached hydrogen (secondary N) is 4. The molecule has 5 fully saturated rings. The number of benzene rings is 1. The summed E-state index contributed by atoms with van der Waals surface area (Å²) in [5.74, 6) is -0.840. The number of aromatic hydroxyl groups is 1. The lowest BCUT2D eigenvalue weighted by molar-refractivity contribution is -0.142. The van der Waals surface area contributed by atoms with Gasteiger partial charge in [0.05, 0.1) is 36.3 Å². The van der Waals surface area contributed by atoms with Crippen LogP contribution in [0.5, 0.6) is 5.75 Å². The molecule has 5 aliphatic carbocycles. The average molecular weight is 1720 g/mol. The van der Waals surface area contributed by atoms with Crippen LogP contribution in [0.4, 0.5) is 23.3 Å². The van der Waals surface area contributed by atoms with Crippen molar-refractivity contribution >= 4 is 163 Å². The number of anilines is 4. The highest BCUT2D eigenvalue weighted by Gasteiger charge is 2.28. The first-order chi connectivity index (χ1) is 56.2. The van der Waals surface area contributed by atoms with Crippen LogP contribution in [0.1, 0.15) is 213 Å². The molecule has 620 valence electrons. The Morgan fingerprint density at radius 1 is 0.483 bits per heavy atom. The number of rotatable bonds is 25. The number of hydrogen-bond donors (Lipinski definition) is 6. The van der Waals surface area contributed by atoms with Gasteiger partial charge in [0.15, 0.2) is 42.4 Å². The van der Waals surface area contributed by atoms with Crippen LogP contribution in [0.25, 0.3) is 22.1 Å².